The first kappa shape index (κ1) is 11.2. The Morgan fingerprint density at radius 3 is 2.67 bits per heavy atom. The molecule has 1 N–H and O–H groups in total. The SMILES string of the molecule is CC1CC1CNCc1c(Cl)nc(Cl)n1C. The minimum absolute atomic E-state index is 0.441. The van der Waals surface area contributed by atoms with Gasteiger partial charge in [-0.25, -0.2) is 4.98 Å². The van der Waals surface area contributed by atoms with Crippen molar-refractivity contribution in [2.75, 3.05) is 6.54 Å². The lowest BCUT2D eigenvalue weighted by Gasteiger charge is -2.05. The predicted octanol–water partition coefficient (Wildman–Crippen LogP) is 2.47. The molecule has 1 heterocycles. The fourth-order valence-corrected chi connectivity index (χ4v) is 2.22. The summed E-state index contributed by atoms with van der Waals surface area (Å²) in [4.78, 5) is 3.99. The largest absolute Gasteiger partial charge is 0.319 e. The van der Waals surface area contributed by atoms with Crippen molar-refractivity contribution < 1.29 is 0 Å². The van der Waals surface area contributed by atoms with Crippen LogP contribution in [0.2, 0.25) is 10.4 Å². The van der Waals surface area contributed by atoms with E-state index in [2.05, 4.69) is 17.2 Å². The number of hydrogen-bond donors (Lipinski definition) is 1. The molecule has 5 heteroatoms. The second kappa shape index (κ2) is 4.32. The van der Waals surface area contributed by atoms with Crippen LogP contribution in [0.1, 0.15) is 19.0 Å². The third kappa shape index (κ3) is 2.47. The monoisotopic (exact) mass is 247 g/mol. The van der Waals surface area contributed by atoms with E-state index >= 15 is 0 Å². The quantitative estimate of drug-likeness (QED) is 0.887. The van der Waals surface area contributed by atoms with Gasteiger partial charge in [0.1, 0.15) is 0 Å². The lowest BCUT2D eigenvalue weighted by atomic mass is 10.3. The second-order valence-electron chi connectivity index (χ2n) is 4.28. The summed E-state index contributed by atoms with van der Waals surface area (Å²) in [5.74, 6) is 1.72. The van der Waals surface area contributed by atoms with E-state index in [4.69, 9.17) is 23.2 Å². The summed E-state index contributed by atoms with van der Waals surface area (Å²) in [6, 6.07) is 0. The van der Waals surface area contributed by atoms with Crippen molar-refractivity contribution in [1.82, 2.24) is 14.9 Å². The van der Waals surface area contributed by atoms with Crippen molar-refractivity contribution in [3.05, 3.63) is 16.1 Å². The van der Waals surface area contributed by atoms with Crippen LogP contribution in [0.4, 0.5) is 0 Å². The zero-order valence-corrected chi connectivity index (χ0v) is 10.4. The molecule has 3 nitrogen and oxygen atoms in total. The van der Waals surface area contributed by atoms with Gasteiger partial charge in [-0.1, -0.05) is 18.5 Å². The molecular formula is C10H15Cl2N3. The summed E-state index contributed by atoms with van der Waals surface area (Å²) in [6.45, 7) is 4.07. The van der Waals surface area contributed by atoms with Crippen molar-refractivity contribution >= 4 is 23.2 Å². The summed E-state index contributed by atoms with van der Waals surface area (Å²) in [6.07, 6.45) is 1.34. The first-order chi connectivity index (χ1) is 7.09. The van der Waals surface area contributed by atoms with E-state index in [1.54, 1.807) is 0 Å². The average Bonchev–Trinajstić information content (AvgIpc) is 2.81. The fraction of sp³-hybridized carbons (Fsp3) is 0.700. The van der Waals surface area contributed by atoms with Gasteiger partial charge in [0.15, 0.2) is 5.15 Å². The second-order valence-corrected chi connectivity index (χ2v) is 4.98. The summed E-state index contributed by atoms with van der Waals surface area (Å²) in [5.41, 5.74) is 0.954. The molecule has 1 aliphatic rings. The first-order valence-electron chi connectivity index (χ1n) is 5.17. The van der Waals surface area contributed by atoms with Crippen molar-refractivity contribution in [3.8, 4) is 0 Å². The number of halogens is 2. The molecule has 0 aromatic carbocycles. The minimum Gasteiger partial charge on any atom is -0.319 e. The molecule has 1 aromatic rings. The van der Waals surface area contributed by atoms with E-state index < -0.39 is 0 Å². The maximum Gasteiger partial charge on any atom is 0.204 e. The zero-order chi connectivity index (χ0) is 11.0. The molecular weight excluding hydrogens is 233 g/mol. The van der Waals surface area contributed by atoms with E-state index in [1.165, 1.54) is 6.42 Å². The topological polar surface area (TPSA) is 29.9 Å². The van der Waals surface area contributed by atoms with Crippen LogP contribution in [0.3, 0.4) is 0 Å². The highest BCUT2D eigenvalue weighted by Crippen LogP contribution is 2.36. The number of hydrogen-bond acceptors (Lipinski definition) is 2. The summed E-state index contributed by atoms with van der Waals surface area (Å²) in [5, 5.41) is 4.33. The standard InChI is InChI=1S/C10H15Cl2N3/c1-6-3-7(6)4-13-5-8-9(11)14-10(12)15(8)2/h6-7,13H,3-5H2,1-2H3. The van der Waals surface area contributed by atoms with Gasteiger partial charge in [-0.2, -0.15) is 0 Å². The van der Waals surface area contributed by atoms with Gasteiger partial charge in [0.2, 0.25) is 5.28 Å². The Kier molecular flexibility index (Phi) is 3.24. The summed E-state index contributed by atoms with van der Waals surface area (Å²) >= 11 is 11.8. The van der Waals surface area contributed by atoms with Crippen LogP contribution in [0.25, 0.3) is 0 Å². The molecule has 1 aromatic heterocycles. The van der Waals surface area contributed by atoms with E-state index in [0.29, 0.717) is 10.4 Å². The van der Waals surface area contributed by atoms with Crippen molar-refractivity contribution in [2.24, 2.45) is 18.9 Å². The Morgan fingerprint density at radius 2 is 2.20 bits per heavy atom. The molecule has 2 atom stereocenters. The summed E-state index contributed by atoms with van der Waals surface area (Å²) in [7, 11) is 1.87. The van der Waals surface area contributed by atoms with Gasteiger partial charge < -0.3 is 9.88 Å². The molecule has 0 aliphatic heterocycles. The Balaban J connectivity index is 1.87. The van der Waals surface area contributed by atoms with Gasteiger partial charge in [0.25, 0.3) is 0 Å². The molecule has 1 saturated carbocycles. The average molecular weight is 248 g/mol. The van der Waals surface area contributed by atoms with Crippen LogP contribution in [-0.4, -0.2) is 16.1 Å². The third-order valence-corrected chi connectivity index (χ3v) is 3.73. The molecule has 2 rings (SSSR count). The number of imidazole rings is 1. The van der Waals surface area contributed by atoms with Gasteiger partial charge in [-0.05, 0) is 36.4 Å². The number of rotatable bonds is 4. The smallest absolute Gasteiger partial charge is 0.204 e. The van der Waals surface area contributed by atoms with E-state index in [0.717, 1.165) is 30.6 Å². The highest BCUT2D eigenvalue weighted by Gasteiger charge is 2.31. The lowest BCUT2D eigenvalue weighted by molar-refractivity contribution is 0.595. The molecule has 0 bridgehead atoms. The van der Waals surface area contributed by atoms with E-state index in [9.17, 15) is 0 Å². The molecule has 0 radical (unpaired) electrons. The van der Waals surface area contributed by atoms with Gasteiger partial charge >= 0.3 is 0 Å². The Hall–Kier alpha value is -0.250. The number of nitrogens with zero attached hydrogens (tertiary/aromatic N) is 2. The van der Waals surface area contributed by atoms with Crippen LogP contribution < -0.4 is 5.32 Å². The van der Waals surface area contributed by atoms with Crippen molar-refractivity contribution in [1.29, 1.82) is 0 Å². The van der Waals surface area contributed by atoms with Gasteiger partial charge in [0.05, 0.1) is 5.69 Å². The van der Waals surface area contributed by atoms with Crippen molar-refractivity contribution in [2.45, 2.75) is 19.9 Å². The fourth-order valence-electron chi connectivity index (χ4n) is 1.72. The van der Waals surface area contributed by atoms with Gasteiger partial charge in [-0.3, -0.25) is 0 Å². The first-order valence-corrected chi connectivity index (χ1v) is 5.92. The minimum atomic E-state index is 0.441. The lowest BCUT2D eigenvalue weighted by Crippen LogP contribution is -2.18. The molecule has 0 saturated heterocycles. The Morgan fingerprint density at radius 1 is 1.53 bits per heavy atom. The van der Waals surface area contributed by atoms with E-state index in [-0.39, 0.29) is 0 Å². The molecule has 0 spiro atoms. The highest BCUT2D eigenvalue weighted by molar-refractivity contribution is 6.32. The van der Waals surface area contributed by atoms with Gasteiger partial charge in [-0.15, -0.1) is 0 Å². The predicted molar refractivity (Wildman–Crippen MR) is 62.2 cm³/mol. The molecule has 2 unspecified atom stereocenters. The summed E-state index contributed by atoms with van der Waals surface area (Å²) < 4.78 is 1.81. The Labute approximate surface area is 99.8 Å². The van der Waals surface area contributed by atoms with Gasteiger partial charge in [0, 0.05) is 13.6 Å². The van der Waals surface area contributed by atoms with Crippen LogP contribution in [0, 0.1) is 11.8 Å². The molecule has 1 aliphatic carbocycles. The maximum absolute atomic E-state index is 5.95. The number of aromatic nitrogens is 2. The number of nitrogens with one attached hydrogen (secondary N) is 1. The normalized spacial score (nSPS) is 24.5. The third-order valence-electron chi connectivity index (χ3n) is 3.09. The van der Waals surface area contributed by atoms with Crippen LogP contribution >= 0.6 is 23.2 Å². The maximum atomic E-state index is 5.95. The molecule has 0 amide bonds. The molecule has 1 fully saturated rings. The zero-order valence-electron chi connectivity index (χ0n) is 8.93. The van der Waals surface area contributed by atoms with Crippen molar-refractivity contribution in [3.63, 3.8) is 0 Å². The molecule has 84 valence electrons. The van der Waals surface area contributed by atoms with Crippen LogP contribution in [0.15, 0.2) is 0 Å². The van der Waals surface area contributed by atoms with Crippen LogP contribution in [-0.2, 0) is 13.6 Å². The van der Waals surface area contributed by atoms with Crippen LogP contribution in [0.5, 0.6) is 0 Å². The highest BCUT2D eigenvalue weighted by atomic mass is 35.5. The molecule has 15 heavy (non-hydrogen) atoms. The van der Waals surface area contributed by atoms with E-state index in [1.807, 2.05) is 11.6 Å². The Bertz CT molecular complexity index is 362.